The molecule has 0 aliphatic heterocycles. The Hall–Kier alpha value is -4.79. The van der Waals surface area contributed by atoms with Crippen molar-refractivity contribution < 1.29 is 23.8 Å². The van der Waals surface area contributed by atoms with Crippen molar-refractivity contribution in [3.05, 3.63) is 84.6 Å². The van der Waals surface area contributed by atoms with E-state index >= 15 is 0 Å². The van der Waals surface area contributed by atoms with E-state index in [1.54, 1.807) is 50.2 Å². The van der Waals surface area contributed by atoms with E-state index in [0.29, 0.717) is 28.7 Å². The second kappa shape index (κ2) is 12.2. The molecule has 0 unspecified atom stereocenters. The maximum Gasteiger partial charge on any atom is 0.254 e. The summed E-state index contributed by atoms with van der Waals surface area (Å²) in [5, 5.41) is 2.90. The number of nitrogens with zero attached hydrogens (tertiary/aromatic N) is 3. The van der Waals surface area contributed by atoms with Crippen LogP contribution >= 0.6 is 0 Å². The van der Waals surface area contributed by atoms with E-state index < -0.39 is 0 Å². The van der Waals surface area contributed by atoms with Crippen molar-refractivity contribution in [2.75, 3.05) is 33.2 Å². The third-order valence-corrected chi connectivity index (χ3v) is 6.23. The fourth-order valence-corrected chi connectivity index (χ4v) is 4.02. The highest BCUT2D eigenvalue weighted by atomic mass is 16.5. The van der Waals surface area contributed by atoms with E-state index in [1.165, 1.54) is 4.90 Å². The number of carbonyl (C=O) groups excluding carboxylic acids is 2. The number of imidazole rings is 1. The number of methoxy groups -OCH3 is 3. The van der Waals surface area contributed by atoms with Crippen LogP contribution in [0.25, 0.3) is 16.9 Å². The third kappa shape index (κ3) is 6.38. The van der Waals surface area contributed by atoms with Crippen molar-refractivity contribution in [3.63, 3.8) is 0 Å². The Bertz CT molecular complexity index is 1410. The molecule has 0 bridgehead atoms. The Balaban J connectivity index is 1.61. The van der Waals surface area contributed by atoms with Gasteiger partial charge in [-0.05, 0) is 86.6 Å². The molecular weight excluding hydrogens is 496 g/mol. The van der Waals surface area contributed by atoms with Gasteiger partial charge in [0.15, 0.2) is 0 Å². The fraction of sp³-hybridized carbons (Fsp3) is 0.233. The zero-order valence-electron chi connectivity index (χ0n) is 22.7. The molecule has 39 heavy (non-hydrogen) atoms. The molecule has 9 heteroatoms. The first-order valence-electron chi connectivity index (χ1n) is 12.5. The quantitative estimate of drug-likeness (QED) is 0.309. The van der Waals surface area contributed by atoms with Crippen LogP contribution in [-0.2, 0) is 4.79 Å². The number of hydrogen-bond acceptors (Lipinski definition) is 6. The van der Waals surface area contributed by atoms with Crippen LogP contribution in [0.15, 0.2) is 79.0 Å². The molecule has 0 aliphatic carbocycles. The molecule has 1 aromatic heterocycles. The SMILES string of the molecule is COc1ccc(C(=O)N(CC(=O)Nc2nc(-c3ccc(OC)cc3)cn2-c2ccc(OC)cc2)C(C)C)cc1. The first-order valence-corrected chi connectivity index (χ1v) is 12.5. The number of hydrogen-bond donors (Lipinski definition) is 1. The van der Waals surface area contributed by atoms with Gasteiger partial charge >= 0.3 is 0 Å². The molecule has 0 aliphatic rings. The van der Waals surface area contributed by atoms with Crippen molar-refractivity contribution in [1.29, 1.82) is 0 Å². The molecule has 9 nitrogen and oxygen atoms in total. The van der Waals surface area contributed by atoms with E-state index in [9.17, 15) is 9.59 Å². The van der Waals surface area contributed by atoms with E-state index in [4.69, 9.17) is 19.2 Å². The topological polar surface area (TPSA) is 94.9 Å². The molecule has 2 amide bonds. The van der Waals surface area contributed by atoms with E-state index in [1.807, 2.05) is 68.6 Å². The van der Waals surface area contributed by atoms with Gasteiger partial charge in [0.05, 0.1) is 27.0 Å². The minimum atomic E-state index is -0.368. The van der Waals surface area contributed by atoms with Crippen molar-refractivity contribution in [2.24, 2.45) is 0 Å². The molecule has 202 valence electrons. The van der Waals surface area contributed by atoms with E-state index in [-0.39, 0.29) is 24.4 Å². The first-order chi connectivity index (χ1) is 18.8. The smallest absolute Gasteiger partial charge is 0.254 e. The summed E-state index contributed by atoms with van der Waals surface area (Å²) in [6.45, 7) is 3.60. The normalized spacial score (nSPS) is 10.7. The Morgan fingerprint density at radius 1 is 0.821 bits per heavy atom. The number of aromatic nitrogens is 2. The first kappa shape index (κ1) is 27.3. The van der Waals surface area contributed by atoms with Gasteiger partial charge in [-0.3, -0.25) is 19.5 Å². The lowest BCUT2D eigenvalue weighted by molar-refractivity contribution is -0.117. The van der Waals surface area contributed by atoms with Crippen molar-refractivity contribution in [3.8, 4) is 34.2 Å². The molecule has 0 saturated heterocycles. The third-order valence-electron chi connectivity index (χ3n) is 6.23. The standard InChI is InChI=1S/C30H32N4O5/c1-20(2)33(29(36)22-8-14-25(38-4)15-9-22)19-28(35)32-30-31-27(21-6-12-24(37-3)13-7-21)18-34(30)23-10-16-26(39-5)17-11-23/h6-18,20H,19H2,1-5H3,(H,31,32,35). The van der Waals surface area contributed by atoms with Crippen LogP contribution in [0.5, 0.6) is 17.2 Å². The van der Waals surface area contributed by atoms with Gasteiger partial charge < -0.3 is 19.1 Å². The molecule has 4 rings (SSSR count). The summed E-state index contributed by atoms with van der Waals surface area (Å²) < 4.78 is 17.5. The molecule has 0 saturated carbocycles. The zero-order valence-corrected chi connectivity index (χ0v) is 22.7. The number of ether oxygens (including phenoxy) is 3. The molecule has 0 spiro atoms. The lowest BCUT2D eigenvalue weighted by atomic mass is 10.1. The van der Waals surface area contributed by atoms with Crippen molar-refractivity contribution in [2.45, 2.75) is 19.9 Å². The number of amides is 2. The predicted molar refractivity (Wildman–Crippen MR) is 150 cm³/mol. The zero-order chi connectivity index (χ0) is 27.9. The maximum atomic E-state index is 13.3. The number of rotatable bonds is 10. The van der Waals surface area contributed by atoms with Gasteiger partial charge in [-0.1, -0.05) is 0 Å². The van der Waals surface area contributed by atoms with Crippen molar-refractivity contribution >= 4 is 17.8 Å². The molecule has 0 radical (unpaired) electrons. The summed E-state index contributed by atoms with van der Waals surface area (Å²) in [5.41, 5.74) is 2.78. The lowest BCUT2D eigenvalue weighted by Gasteiger charge is -2.26. The number of benzene rings is 3. The highest BCUT2D eigenvalue weighted by molar-refractivity contribution is 5.99. The van der Waals surface area contributed by atoms with E-state index in [0.717, 1.165) is 17.0 Å². The lowest BCUT2D eigenvalue weighted by Crippen LogP contribution is -2.42. The van der Waals surface area contributed by atoms with Gasteiger partial charge in [-0.2, -0.15) is 0 Å². The van der Waals surface area contributed by atoms with Crippen LogP contribution in [0.2, 0.25) is 0 Å². The minimum Gasteiger partial charge on any atom is -0.497 e. The number of carbonyl (C=O) groups is 2. The Labute approximate surface area is 227 Å². The average molecular weight is 529 g/mol. The highest BCUT2D eigenvalue weighted by Crippen LogP contribution is 2.27. The van der Waals surface area contributed by atoms with Crippen molar-refractivity contribution in [1.82, 2.24) is 14.5 Å². The van der Waals surface area contributed by atoms with Gasteiger partial charge in [0.2, 0.25) is 11.9 Å². The largest absolute Gasteiger partial charge is 0.497 e. The minimum absolute atomic E-state index is 0.143. The Morgan fingerprint density at radius 2 is 1.33 bits per heavy atom. The van der Waals surface area contributed by atoms with Crippen LogP contribution < -0.4 is 19.5 Å². The predicted octanol–water partition coefficient (Wildman–Crippen LogP) is 5.05. The summed E-state index contributed by atoms with van der Waals surface area (Å²) >= 11 is 0. The fourth-order valence-electron chi connectivity index (χ4n) is 4.02. The van der Waals surface area contributed by atoms with Gasteiger partial charge in [0, 0.05) is 29.1 Å². The van der Waals surface area contributed by atoms with Gasteiger partial charge in [0.1, 0.15) is 23.8 Å². The Morgan fingerprint density at radius 3 is 1.85 bits per heavy atom. The van der Waals surface area contributed by atoms with Gasteiger partial charge in [0.25, 0.3) is 5.91 Å². The van der Waals surface area contributed by atoms with Crippen LogP contribution in [-0.4, -0.2) is 60.2 Å². The monoisotopic (exact) mass is 528 g/mol. The molecular formula is C30H32N4O5. The highest BCUT2D eigenvalue weighted by Gasteiger charge is 2.23. The molecule has 4 aromatic rings. The second-order valence-corrected chi connectivity index (χ2v) is 9.05. The van der Waals surface area contributed by atoms with Crippen LogP contribution in [0.1, 0.15) is 24.2 Å². The molecule has 1 N–H and O–H groups in total. The van der Waals surface area contributed by atoms with Crippen LogP contribution in [0.3, 0.4) is 0 Å². The van der Waals surface area contributed by atoms with Crippen LogP contribution in [0.4, 0.5) is 5.95 Å². The maximum absolute atomic E-state index is 13.3. The summed E-state index contributed by atoms with van der Waals surface area (Å²) in [4.78, 5) is 32.7. The van der Waals surface area contributed by atoms with Crippen LogP contribution in [0, 0.1) is 0 Å². The second-order valence-electron chi connectivity index (χ2n) is 9.05. The number of nitrogens with one attached hydrogen (secondary N) is 1. The summed E-state index contributed by atoms with van der Waals surface area (Å²) in [7, 11) is 4.78. The van der Waals surface area contributed by atoms with E-state index in [2.05, 4.69) is 5.32 Å². The average Bonchev–Trinajstić information content (AvgIpc) is 3.39. The number of anilines is 1. The summed E-state index contributed by atoms with van der Waals surface area (Å²) in [6.07, 6.45) is 1.85. The molecule has 0 fully saturated rings. The molecule has 3 aromatic carbocycles. The molecule has 1 heterocycles. The molecule has 0 atom stereocenters. The summed E-state index contributed by atoms with van der Waals surface area (Å²) in [5.74, 6) is 1.81. The van der Waals surface area contributed by atoms with Gasteiger partial charge in [-0.15, -0.1) is 0 Å². The van der Waals surface area contributed by atoms with Gasteiger partial charge in [-0.25, -0.2) is 4.98 Å². The summed E-state index contributed by atoms with van der Waals surface area (Å²) in [6, 6.07) is 21.5. The Kier molecular flexibility index (Phi) is 8.50.